The fraction of sp³-hybridized carbons (Fsp3) is 0.625. The van der Waals surface area contributed by atoms with Crippen LogP contribution in [0.2, 0.25) is 5.02 Å². The summed E-state index contributed by atoms with van der Waals surface area (Å²) in [7, 11) is 1.63. The molecule has 1 saturated carbocycles. The van der Waals surface area contributed by atoms with Gasteiger partial charge < -0.3 is 9.47 Å². The summed E-state index contributed by atoms with van der Waals surface area (Å²) in [4.78, 5) is 0. The lowest BCUT2D eigenvalue weighted by Crippen LogP contribution is -2.30. The second kappa shape index (κ2) is 7.42. The van der Waals surface area contributed by atoms with Crippen LogP contribution in [0.25, 0.3) is 0 Å². The van der Waals surface area contributed by atoms with Crippen LogP contribution >= 0.6 is 23.2 Å². The predicted molar refractivity (Wildman–Crippen MR) is 84.2 cm³/mol. The van der Waals surface area contributed by atoms with Crippen molar-refractivity contribution in [2.75, 3.05) is 7.11 Å². The summed E-state index contributed by atoms with van der Waals surface area (Å²) in [6.07, 6.45) is 6.23. The number of benzene rings is 1. The first-order valence-corrected chi connectivity index (χ1v) is 8.19. The minimum Gasteiger partial charge on any atom is -0.493 e. The molecule has 0 bridgehead atoms. The second-order valence-electron chi connectivity index (χ2n) is 5.35. The van der Waals surface area contributed by atoms with Gasteiger partial charge in [-0.1, -0.05) is 24.9 Å². The average molecular weight is 317 g/mol. The third-order valence-corrected chi connectivity index (χ3v) is 4.67. The third kappa shape index (κ3) is 3.53. The molecule has 2 unspecified atom stereocenters. The van der Waals surface area contributed by atoms with Gasteiger partial charge in [-0.25, -0.2) is 0 Å². The van der Waals surface area contributed by atoms with Gasteiger partial charge in [0, 0.05) is 5.88 Å². The lowest BCUT2D eigenvalue weighted by atomic mass is 9.85. The summed E-state index contributed by atoms with van der Waals surface area (Å²) in [6, 6.07) is 3.76. The van der Waals surface area contributed by atoms with Crippen LogP contribution in [0, 0.1) is 5.92 Å². The van der Waals surface area contributed by atoms with Crippen molar-refractivity contribution in [3.63, 3.8) is 0 Å². The molecule has 1 aromatic rings. The first-order chi connectivity index (χ1) is 9.69. The Kier molecular flexibility index (Phi) is 5.86. The first-order valence-electron chi connectivity index (χ1n) is 7.28. The van der Waals surface area contributed by atoms with Crippen molar-refractivity contribution in [3.8, 4) is 11.5 Å². The molecule has 0 amide bonds. The van der Waals surface area contributed by atoms with Crippen molar-refractivity contribution in [1.82, 2.24) is 0 Å². The van der Waals surface area contributed by atoms with Gasteiger partial charge in [0.15, 0.2) is 11.5 Å². The van der Waals surface area contributed by atoms with E-state index in [-0.39, 0.29) is 6.10 Å². The van der Waals surface area contributed by atoms with Gasteiger partial charge in [0.1, 0.15) is 6.10 Å². The topological polar surface area (TPSA) is 18.5 Å². The van der Waals surface area contributed by atoms with Crippen molar-refractivity contribution in [2.45, 2.75) is 51.0 Å². The Labute approximate surface area is 131 Å². The van der Waals surface area contributed by atoms with E-state index in [2.05, 4.69) is 6.92 Å². The quantitative estimate of drug-likeness (QED) is 0.674. The Morgan fingerprint density at radius 3 is 2.65 bits per heavy atom. The van der Waals surface area contributed by atoms with Gasteiger partial charge in [-0.15, -0.1) is 11.6 Å². The zero-order valence-electron chi connectivity index (χ0n) is 12.1. The third-order valence-electron chi connectivity index (χ3n) is 4.08. The molecule has 0 aromatic heterocycles. The minimum absolute atomic E-state index is 0.238. The SMILES string of the molecule is CCC1CCCCC1Oc1c(Cl)cc(CCl)cc1OC. The minimum atomic E-state index is 0.238. The van der Waals surface area contributed by atoms with E-state index in [9.17, 15) is 0 Å². The molecule has 1 aliphatic rings. The largest absolute Gasteiger partial charge is 0.493 e. The zero-order valence-corrected chi connectivity index (χ0v) is 13.6. The lowest BCUT2D eigenvalue weighted by Gasteiger charge is -2.32. The Hall–Kier alpha value is -0.600. The molecule has 1 aliphatic carbocycles. The number of ether oxygens (including phenoxy) is 2. The average Bonchev–Trinajstić information content (AvgIpc) is 2.49. The van der Waals surface area contributed by atoms with Crippen LogP contribution in [0.5, 0.6) is 11.5 Å². The molecule has 0 N–H and O–H groups in total. The van der Waals surface area contributed by atoms with Crippen molar-refractivity contribution in [1.29, 1.82) is 0 Å². The predicted octanol–water partition coefficient (Wildman–Crippen LogP) is 5.44. The number of hydrogen-bond acceptors (Lipinski definition) is 2. The standard InChI is InChI=1S/C16H22Cl2O2/c1-3-12-6-4-5-7-14(12)20-16-13(18)8-11(10-17)9-15(16)19-2/h8-9,12,14H,3-7,10H2,1-2H3. The maximum atomic E-state index is 6.34. The smallest absolute Gasteiger partial charge is 0.180 e. The van der Waals surface area contributed by atoms with E-state index >= 15 is 0 Å². The van der Waals surface area contributed by atoms with Crippen LogP contribution in [0.3, 0.4) is 0 Å². The molecule has 1 aromatic carbocycles. The number of alkyl halides is 1. The molecule has 20 heavy (non-hydrogen) atoms. The van der Waals surface area contributed by atoms with E-state index in [0.29, 0.717) is 28.3 Å². The summed E-state index contributed by atoms with van der Waals surface area (Å²) < 4.78 is 11.6. The molecule has 1 fully saturated rings. The molecule has 2 rings (SSSR count). The van der Waals surface area contributed by atoms with Crippen LogP contribution in [0.15, 0.2) is 12.1 Å². The van der Waals surface area contributed by atoms with Crippen molar-refractivity contribution >= 4 is 23.2 Å². The molecule has 0 spiro atoms. The number of halogens is 2. The van der Waals surface area contributed by atoms with Crippen LogP contribution in [-0.2, 0) is 5.88 Å². The van der Waals surface area contributed by atoms with Gasteiger partial charge in [-0.2, -0.15) is 0 Å². The summed E-state index contributed by atoms with van der Waals surface area (Å²) in [5, 5.41) is 0.584. The zero-order chi connectivity index (χ0) is 14.5. The van der Waals surface area contributed by atoms with Crippen LogP contribution < -0.4 is 9.47 Å². The maximum Gasteiger partial charge on any atom is 0.180 e. The molecule has 0 aliphatic heterocycles. The van der Waals surface area contributed by atoms with E-state index in [1.54, 1.807) is 7.11 Å². The molecule has 2 nitrogen and oxygen atoms in total. The highest BCUT2D eigenvalue weighted by Crippen LogP contribution is 2.40. The van der Waals surface area contributed by atoms with Crippen LogP contribution in [0.1, 0.15) is 44.6 Å². The van der Waals surface area contributed by atoms with E-state index in [4.69, 9.17) is 32.7 Å². The Bertz CT molecular complexity index is 448. The lowest BCUT2D eigenvalue weighted by molar-refractivity contribution is 0.0874. The Balaban J connectivity index is 2.23. The summed E-state index contributed by atoms with van der Waals surface area (Å²) in [5.41, 5.74) is 0.941. The highest BCUT2D eigenvalue weighted by Gasteiger charge is 2.27. The highest BCUT2D eigenvalue weighted by atomic mass is 35.5. The van der Waals surface area contributed by atoms with Crippen molar-refractivity contribution in [2.24, 2.45) is 5.92 Å². The molecule has 0 saturated heterocycles. The molecular formula is C16H22Cl2O2. The number of rotatable bonds is 5. The van der Waals surface area contributed by atoms with Gasteiger partial charge in [0.2, 0.25) is 0 Å². The second-order valence-corrected chi connectivity index (χ2v) is 6.03. The molecule has 0 heterocycles. The molecule has 112 valence electrons. The number of methoxy groups -OCH3 is 1. The van der Waals surface area contributed by atoms with E-state index < -0.39 is 0 Å². The Morgan fingerprint density at radius 2 is 2.00 bits per heavy atom. The Morgan fingerprint density at radius 1 is 1.25 bits per heavy atom. The fourth-order valence-corrected chi connectivity index (χ4v) is 3.34. The van der Waals surface area contributed by atoms with Gasteiger partial charge in [-0.3, -0.25) is 0 Å². The van der Waals surface area contributed by atoms with Crippen LogP contribution in [0.4, 0.5) is 0 Å². The van der Waals surface area contributed by atoms with E-state index in [0.717, 1.165) is 18.4 Å². The van der Waals surface area contributed by atoms with E-state index in [1.165, 1.54) is 19.3 Å². The van der Waals surface area contributed by atoms with E-state index in [1.807, 2.05) is 12.1 Å². The molecule has 0 radical (unpaired) electrons. The molecular weight excluding hydrogens is 295 g/mol. The highest BCUT2D eigenvalue weighted by molar-refractivity contribution is 6.32. The molecule has 2 atom stereocenters. The summed E-state index contributed by atoms with van der Waals surface area (Å²) >= 11 is 12.2. The van der Waals surface area contributed by atoms with Gasteiger partial charge in [0.25, 0.3) is 0 Å². The fourth-order valence-electron chi connectivity index (χ4n) is 2.91. The maximum absolute atomic E-state index is 6.34. The monoisotopic (exact) mass is 316 g/mol. The van der Waals surface area contributed by atoms with Crippen molar-refractivity contribution < 1.29 is 9.47 Å². The number of hydrogen-bond donors (Lipinski definition) is 0. The first kappa shape index (κ1) is 15.8. The van der Waals surface area contributed by atoms with Crippen molar-refractivity contribution in [3.05, 3.63) is 22.7 Å². The summed E-state index contributed by atoms with van der Waals surface area (Å²) in [6.45, 7) is 2.22. The van der Waals surface area contributed by atoms with Gasteiger partial charge in [-0.05, 0) is 49.3 Å². The van der Waals surface area contributed by atoms with Gasteiger partial charge >= 0.3 is 0 Å². The molecule has 4 heteroatoms. The summed E-state index contributed by atoms with van der Waals surface area (Å²) in [5.74, 6) is 2.36. The normalized spacial score (nSPS) is 22.6. The van der Waals surface area contributed by atoms with Gasteiger partial charge in [0.05, 0.1) is 12.1 Å². The van der Waals surface area contributed by atoms with Crippen LogP contribution in [-0.4, -0.2) is 13.2 Å².